The average Bonchev–Trinajstić information content (AvgIpc) is 3.15. The highest BCUT2D eigenvalue weighted by Gasteiger charge is 2.26. The van der Waals surface area contributed by atoms with E-state index in [1.807, 2.05) is 13.0 Å². The normalized spacial score (nSPS) is 19.3. The van der Waals surface area contributed by atoms with Gasteiger partial charge in [-0.3, -0.25) is 0 Å². The number of anilines is 1. The van der Waals surface area contributed by atoms with Crippen LogP contribution in [0.1, 0.15) is 16.8 Å². The van der Waals surface area contributed by atoms with E-state index in [9.17, 15) is 0 Å². The van der Waals surface area contributed by atoms with Gasteiger partial charge in [0, 0.05) is 17.6 Å². The lowest BCUT2D eigenvalue weighted by Crippen LogP contribution is -2.38. The molecule has 108 valence electrons. The van der Waals surface area contributed by atoms with Gasteiger partial charge in [0.2, 0.25) is 0 Å². The zero-order valence-electron chi connectivity index (χ0n) is 11.5. The largest absolute Gasteiger partial charge is 0.367 e. The number of nitrogens with zero attached hydrogens (tertiary/aromatic N) is 4. The van der Waals surface area contributed by atoms with Crippen molar-refractivity contribution in [3.63, 3.8) is 0 Å². The molecule has 5 nitrogen and oxygen atoms in total. The second-order valence-corrected chi connectivity index (χ2v) is 6.77. The van der Waals surface area contributed by atoms with Crippen LogP contribution >= 0.6 is 22.7 Å². The number of morpholine rings is 1. The molecule has 0 spiro atoms. The van der Waals surface area contributed by atoms with Crippen LogP contribution in [-0.4, -0.2) is 34.6 Å². The summed E-state index contributed by atoms with van der Waals surface area (Å²) >= 11 is 3.35. The molecule has 0 unspecified atom stereocenters. The Kier molecular flexibility index (Phi) is 3.33. The Bertz CT molecular complexity index is 769. The Hall–Kier alpha value is -1.57. The van der Waals surface area contributed by atoms with Crippen LogP contribution in [0.3, 0.4) is 0 Å². The number of thiazole rings is 1. The third-order valence-corrected chi connectivity index (χ3v) is 5.46. The van der Waals surface area contributed by atoms with Gasteiger partial charge in [0.25, 0.3) is 0 Å². The minimum atomic E-state index is 0.0300. The first-order valence-electron chi connectivity index (χ1n) is 6.78. The Morgan fingerprint density at radius 1 is 1.33 bits per heavy atom. The number of rotatable bonds is 2. The lowest BCUT2D eigenvalue weighted by Gasteiger charge is -2.32. The van der Waals surface area contributed by atoms with Crippen molar-refractivity contribution in [3.8, 4) is 0 Å². The summed E-state index contributed by atoms with van der Waals surface area (Å²) in [7, 11) is 0. The molecule has 3 aromatic heterocycles. The van der Waals surface area contributed by atoms with Gasteiger partial charge < -0.3 is 9.64 Å². The minimum absolute atomic E-state index is 0.0300. The molecule has 7 heteroatoms. The molecule has 21 heavy (non-hydrogen) atoms. The summed E-state index contributed by atoms with van der Waals surface area (Å²) in [5.74, 6) is 1.01. The van der Waals surface area contributed by atoms with E-state index in [-0.39, 0.29) is 6.10 Å². The zero-order valence-corrected chi connectivity index (χ0v) is 13.2. The van der Waals surface area contributed by atoms with E-state index in [0.29, 0.717) is 6.61 Å². The summed E-state index contributed by atoms with van der Waals surface area (Å²) in [5, 5.41) is 5.18. The highest BCUT2D eigenvalue weighted by atomic mass is 32.1. The van der Waals surface area contributed by atoms with Gasteiger partial charge in [0.15, 0.2) is 0 Å². The quantitative estimate of drug-likeness (QED) is 0.727. The molecule has 0 N–H and O–H groups in total. The number of hydrogen-bond acceptors (Lipinski definition) is 7. The van der Waals surface area contributed by atoms with Crippen molar-refractivity contribution in [2.45, 2.75) is 13.0 Å². The van der Waals surface area contributed by atoms with Crippen molar-refractivity contribution < 1.29 is 4.74 Å². The molecule has 1 saturated heterocycles. The van der Waals surface area contributed by atoms with Crippen LogP contribution in [0.5, 0.6) is 0 Å². The van der Waals surface area contributed by atoms with E-state index >= 15 is 0 Å². The molecule has 1 aliphatic rings. The summed E-state index contributed by atoms with van der Waals surface area (Å²) in [5.41, 5.74) is 2.07. The maximum atomic E-state index is 5.89. The Balaban J connectivity index is 1.65. The lowest BCUT2D eigenvalue weighted by atomic mass is 10.2. The average molecular weight is 318 g/mol. The summed E-state index contributed by atoms with van der Waals surface area (Å²) in [6.07, 6.45) is 1.67. The van der Waals surface area contributed by atoms with E-state index < -0.39 is 0 Å². The zero-order chi connectivity index (χ0) is 14.2. The molecule has 0 aliphatic carbocycles. The second kappa shape index (κ2) is 5.32. The van der Waals surface area contributed by atoms with Gasteiger partial charge in [-0.1, -0.05) is 0 Å². The Labute approximate surface area is 130 Å². The first-order chi connectivity index (χ1) is 10.3. The molecular formula is C14H14N4OS2. The molecule has 4 rings (SSSR count). The summed E-state index contributed by atoms with van der Waals surface area (Å²) in [4.78, 5) is 15.6. The third kappa shape index (κ3) is 2.41. The predicted molar refractivity (Wildman–Crippen MR) is 85.2 cm³/mol. The molecule has 0 amide bonds. The van der Waals surface area contributed by atoms with Crippen molar-refractivity contribution in [1.29, 1.82) is 0 Å². The fourth-order valence-corrected chi connectivity index (χ4v) is 4.21. The van der Waals surface area contributed by atoms with Gasteiger partial charge in [0.1, 0.15) is 23.3 Å². The molecule has 0 saturated carbocycles. The van der Waals surface area contributed by atoms with Crippen molar-refractivity contribution in [2.75, 3.05) is 24.6 Å². The van der Waals surface area contributed by atoms with E-state index in [1.54, 1.807) is 29.0 Å². The Morgan fingerprint density at radius 3 is 3.14 bits per heavy atom. The number of ether oxygens (including phenoxy) is 1. The topological polar surface area (TPSA) is 51.1 Å². The van der Waals surface area contributed by atoms with Crippen molar-refractivity contribution in [1.82, 2.24) is 15.0 Å². The van der Waals surface area contributed by atoms with Gasteiger partial charge in [-0.2, -0.15) is 0 Å². The molecule has 1 aliphatic heterocycles. The molecule has 0 radical (unpaired) electrons. The predicted octanol–water partition coefficient (Wildman–Crippen LogP) is 3.03. The van der Waals surface area contributed by atoms with Crippen LogP contribution in [0.2, 0.25) is 0 Å². The maximum absolute atomic E-state index is 5.89. The van der Waals surface area contributed by atoms with Crippen LogP contribution in [0.4, 0.5) is 5.82 Å². The molecule has 3 aromatic rings. The monoisotopic (exact) mass is 318 g/mol. The summed E-state index contributed by atoms with van der Waals surface area (Å²) < 4.78 is 7.04. The lowest BCUT2D eigenvalue weighted by molar-refractivity contribution is 0.0394. The SMILES string of the molecule is Cc1csc([C@H]2CN(c3ncnc4ccsc34)CCO2)n1. The Morgan fingerprint density at radius 2 is 2.29 bits per heavy atom. The van der Waals surface area contributed by atoms with Gasteiger partial charge in [-0.15, -0.1) is 22.7 Å². The molecule has 1 fully saturated rings. The summed E-state index contributed by atoms with van der Waals surface area (Å²) in [6.45, 7) is 4.35. The second-order valence-electron chi connectivity index (χ2n) is 4.96. The van der Waals surface area contributed by atoms with Gasteiger partial charge in [-0.05, 0) is 18.4 Å². The molecule has 0 bridgehead atoms. The van der Waals surface area contributed by atoms with Crippen LogP contribution < -0.4 is 4.90 Å². The highest BCUT2D eigenvalue weighted by Crippen LogP contribution is 2.32. The fraction of sp³-hybridized carbons (Fsp3) is 0.357. The van der Waals surface area contributed by atoms with Crippen LogP contribution in [-0.2, 0) is 4.74 Å². The minimum Gasteiger partial charge on any atom is -0.367 e. The molecule has 4 heterocycles. The third-order valence-electron chi connectivity index (χ3n) is 3.50. The first kappa shape index (κ1) is 13.1. The van der Waals surface area contributed by atoms with Crippen LogP contribution in [0, 0.1) is 6.92 Å². The molecule has 1 atom stereocenters. The van der Waals surface area contributed by atoms with Crippen molar-refractivity contribution >= 4 is 38.7 Å². The number of aryl methyl sites for hydroxylation is 1. The van der Waals surface area contributed by atoms with Crippen LogP contribution in [0.25, 0.3) is 10.2 Å². The number of fused-ring (bicyclic) bond motifs is 1. The van der Waals surface area contributed by atoms with Crippen LogP contribution in [0.15, 0.2) is 23.2 Å². The molecule has 0 aromatic carbocycles. The van der Waals surface area contributed by atoms with Crippen molar-refractivity contribution in [2.24, 2.45) is 0 Å². The van der Waals surface area contributed by atoms with E-state index in [4.69, 9.17) is 4.74 Å². The standard InChI is InChI=1S/C14H14N4OS2/c1-9-7-21-14(17-9)11-6-18(3-4-19-11)13-12-10(2-5-20-12)15-8-16-13/h2,5,7-8,11H,3-4,6H2,1H3/t11-/m1/s1. The maximum Gasteiger partial charge on any atom is 0.150 e. The highest BCUT2D eigenvalue weighted by molar-refractivity contribution is 7.17. The fourth-order valence-electron chi connectivity index (χ4n) is 2.51. The number of hydrogen-bond donors (Lipinski definition) is 0. The first-order valence-corrected chi connectivity index (χ1v) is 8.54. The smallest absolute Gasteiger partial charge is 0.150 e. The van der Waals surface area contributed by atoms with Gasteiger partial charge in [0.05, 0.1) is 23.4 Å². The number of thiophene rings is 1. The van der Waals surface area contributed by atoms with Gasteiger partial charge in [-0.25, -0.2) is 15.0 Å². The molecular weight excluding hydrogens is 304 g/mol. The van der Waals surface area contributed by atoms with E-state index in [0.717, 1.165) is 39.8 Å². The van der Waals surface area contributed by atoms with E-state index in [1.165, 1.54) is 0 Å². The van der Waals surface area contributed by atoms with Gasteiger partial charge >= 0.3 is 0 Å². The summed E-state index contributed by atoms with van der Waals surface area (Å²) in [6, 6.07) is 2.04. The number of aromatic nitrogens is 3. The van der Waals surface area contributed by atoms with E-state index in [2.05, 4.69) is 30.6 Å². The van der Waals surface area contributed by atoms with Crippen molar-refractivity contribution in [3.05, 3.63) is 33.9 Å².